The highest BCUT2D eigenvalue weighted by atomic mass is 79.9. The Labute approximate surface area is 153 Å². The number of amides is 2. The predicted molar refractivity (Wildman–Crippen MR) is 99.4 cm³/mol. The summed E-state index contributed by atoms with van der Waals surface area (Å²) in [7, 11) is 0. The number of carbonyl (C=O) groups excluding carboxylic acids is 2. The second kappa shape index (κ2) is 8.39. The third-order valence-corrected chi connectivity index (χ3v) is 4.79. The fourth-order valence-corrected chi connectivity index (χ4v) is 3.44. The van der Waals surface area contributed by atoms with Crippen LogP contribution >= 0.6 is 27.7 Å². The van der Waals surface area contributed by atoms with Crippen molar-refractivity contribution in [2.45, 2.75) is 13.8 Å². The summed E-state index contributed by atoms with van der Waals surface area (Å²) < 4.78 is 11.9. The van der Waals surface area contributed by atoms with Gasteiger partial charge in [0.05, 0.1) is 11.5 Å². The second-order valence-electron chi connectivity index (χ2n) is 4.78. The standard InChI is InChI=1S/C17H18BrNO4S/c1-4-7-23-14-10-12(18)11(8-13(14)22-6-3)9-15-16(20)19(5-2)17(21)24-15/h4,8-10H,1,5-7H2,2-3H3/b15-9+. The Morgan fingerprint density at radius 2 is 1.96 bits per heavy atom. The maximum atomic E-state index is 12.2. The van der Waals surface area contributed by atoms with Gasteiger partial charge >= 0.3 is 0 Å². The van der Waals surface area contributed by atoms with Crippen molar-refractivity contribution in [3.05, 3.63) is 39.7 Å². The molecule has 0 unspecified atom stereocenters. The molecule has 1 aliphatic rings. The number of hydrogen-bond donors (Lipinski definition) is 0. The molecule has 0 saturated carbocycles. The number of ether oxygens (including phenoxy) is 2. The minimum absolute atomic E-state index is 0.249. The van der Waals surface area contributed by atoms with Crippen molar-refractivity contribution in [3.63, 3.8) is 0 Å². The number of thioether (sulfide) groups is 1. The van der Waals surface area contributed by atoms with Crippen molar-refractivity contribution in [2.24, 2.45) is 0 Å². The number of imide groups is 1. The van der Waals surface area contributed by atoms with Gasteiger partial charge in [-0.05, 0) is 49.4 Å². The summed E-state index contributed by atoms with van der Waals surface area (Å²) in [6.07, 6.45) is 3.34. The number of rotatable bonds is 7. The van der Waals surface area contributed by atoms with Gasteiger partial charge in [-0.2, -0.15) is 0 Å². The van der Waals surface area contributed by atoms with Gasteiger partial charge in [0.25, 0.3) is 11.1 Å². The predicted octanol–water partition coefficient (Wildman–Crippen LogP) is 4.47. The molecule has 5 nitrogen and oxygen atoms in total. The summed E-state index contributed by atoms with van der Waals surface area (Å²) in [6, 6.07) is 3.57. The zero-order valence-electron chi connectivity index (χ0n) is 13.5. The van der Waals surface area contributed by atoms with Gasteiger partial charge in [0.1, 0.15) is 6.61 Å². The first kappa shape index (κ1) is 18.6. The van der Waals surface area contributed by atoms with Crippen LogP contribution in [0.25, 0.3) is 6.08 Å². The van der Waals surface area contributed by atoms with Crippen LogP contribution < -0.4 is 9.47 Å². The molecule has 7 heteroatoms. The fourth-order valence-electron chi connectivity index (χ4n) is 2.11. The largest absolute Gasteiger partial charge is 0.490 e. The molecular weight excluding hydrogens is 394 g/mol. The quantitative estimate of drug-likeness (QED) is 0.489. The maximum Gasteiger partial charge on any atom is 0.293 e. The molecule has 1 aromatic rings. The lowest BCUT2D eigenvalue weighted by atomic mass is 10.2. The molecule has 0 bridgehead atoms. The van der Waals surface area contributed by atoms with E-state index in [4.69, 9.17) is 9.47 Å². The lowest BCUT2D eigenvalue weighted by molar-refractivity contribution is -0.122. The van der Waals surface area contributed by atoms with Crippen molar-refractivity contribution in [3.8, 4) is 11.5 Å². The summed E-state index contributed by atoms with van der Waals surface area (Å²) in [5.41, 5.74) is 0.742. The van der Waals surface area contributed by atoms with E-state index < -0.39 is 0 Å². The topological polar surface area (TPSA) is 55.8 Å². The third kappa shape index (κ3) is 4.02. The minimum atomic E-state index is -0.274. The molecule has 0 radical (unpaired) electrons. The van der Waals surface area contributed by atoms with Crippen LogP contribution in [0.15, 0.2) is 34.2 Å². The van der Waals surface area contributed by atoms with E-state index in [-0.39, 0.29) is 11.1 Å². The van der Waals surface area contributed by atoms with E-state index in [1.807, 2.05) is 6.92 Å². The third-order valence-electron chi connectivity index (χ3n) is 3.20. The number of halogens is 1. The van der Waals surface area contributed by atoms with Gasteiger partial charge in [0.2, 0.25) is 0 Å². The number of benzene rings is 1. The molecule has 1 fully saturated rings. The van der Waals surface area contributed by atoms with Crippen LogP contribution in [0.5, 0.6) is 11.5 Å². The first-order valence-corrected chi connectivity index (χ1v) is 9.08. The van der Waals surface area contributed by atoms with Gasteiger partial charge in [-0.25, -0.2) is 0 Å². The summed E-state index contributed by atoms with van der Waals surface area (Å²) in [5, 5.41) is -0.249. The molecule has 0 N–H and O–H groups in total. The maximum absolute atomic E-state index is 12.2. The van der Waals surface area contributed by atoms with Crippen LogP contribution in [0.2, 0.25) is 0 Å². The number of hydrogen-bond acceptors (Lipinski definition) is 5. The molecule has 1 aliphatic heterocycles. The van der Waals surface area contributed by atoms with Crippen molar-refractivity contribution in [1.82, 2.24) is 4.90 Å². The molecule has 2 rings (SSSR count). The number of likely N-dealkylation sites (N-methyl/N-ethyl adjacent to an activating group) is 1. The van der Waals surface area contributed by atoms with Crippen LogP contribution in [0.3, 0.4) is 0 Å². The van der Waals surface area contributed by atoms with Crippen LogP contribution in [0, 0.1) is 0 Å². The highest BCUT2D eigenvalue weighted by Crippen LogP contribution is 2.38. The van der Waals surface area contributed by atoms with E-state index in [2.05, 4.69) is 22.5 Å². The average Bonchev–Trinajstić information content (AvgIpc) is 2.82. The van der Waals surface area contributed by atoms with E-state index >= 15 is 0 Å². The van der Waals surface area contributed by atoms with E-state index in [1.54, 1.807) is 31.2 Å². The van der Waals surface area contributed by atoms with Crippen LogP contribution in [0.1, 0.15) is 19.4 Å². The molecule has 24 heavy (non-hydrogen) atoms. The van der Waals surface area contributed by atoms with Crippen molar-refractivity contribution >= 4 is 44.9 Å². The molecule has 0 spiro atoms. The summed E-state index contributed by atoms with van der Waals surface area (Å²) >= 11 is 4.41. The number of carbonyl (C=O) groups is 2. The Hall–Kier alpha value is -1.73. The second-order valence-corrected chi connectivity index (χ2v) is 6.63. The van der Waals surface area contributed by atoms with Crippen LogP contribution in [-0.2, 0) is 4.79 Å². The van der Waals surface area contributed by atoms with Gasteiger partial charge < -0.3 is 9.47 Å². The molecule has 1 aromatic carbocycles. The van der Waals surface area contributed by atoms with Crippen LogP contribution in [0.4, 0.5) is 4.79 Å². The molecule has 1 heterocycles. The van der Waals surface area contributed by atoms with Gasteiger partial charge in [0.15, 0.2) is 11.5 Å². The zero-order valence-corrected chi connectivity index (χ0v) is 15.9. The Balaban J connectivity index is 2.38. The highest BCUT2D eigenvalue weighted by Gasteiger charge is 2.33. The SMILES string of the molecule is C=CCOc1cc(Br)c(/C=C2/SC(=O)N(CC)C2=O)cc1OCC. The molecule has 1 saturated heterocycles. The smallest absolute Gasteiger partial charge is 0.293 e. The van der Waals surface area contributed by atoms with Crippen molar-refractivity contribution in [2.75, 3.05) is 19.8 Å². The summed E-state index contributed by atoms with van der Waals surface area (Å²) in [4.78, 5) is 25.6. The Kier molecular flexibility index (Phi) is 6.51. The average molecular weight is 412 g/mol. The molecule has 128 valence electrons. The van der Waals surface area contributed by atoms with E-state index in [0.717, 1.165) is 21.8 Å². The summed E-state index contributed by atoms with van der Waals surface area (Å²) in [5.74, 6) is 0.885. The molecule has 0 aromatic heterocycles. The highest BCUT2D eigenvalue weighted by molar-refractivity contribution is 9.10. The molecular formula is C17H18BrNO4S. The first-order chi connectivity index (χ1) is 11.5. The van der Waals surface area contributed by atoms with E-state index in [1.165, 1.54) is 4.90 Å². The zero-order chi connectivity index (χ0) is 17.7. The fraction of sp³-hybridized carbons (Fsp3) is 0.294. The normalized spacial score (nSPS) is 16.0. The lowest BCUT2D eigenvalue weighted by Gasteiger charge is -2.13. The molecule has 0 aliphatic carbocycles. The first-order valence-electron chi connectivity index (χ1n) is 7.47. The Morgan fingerprint density at radius 3 is 2.54 bits per heavy atom. The van der Waals surface area contributed by atoms with Crippen LogP contribution in [-0.4, -0.2) is 35.8 Å². The Morgan fingerprint density at radius 1 is 1.25 bits per heavy atom. The van der Waals surface area contributed by atoms with E-state index in [0.29, 0.717) is 36.2 Å². The van der Waals surface area contributed by atoms with E-state index in [9.17, 15) is 9.59 Å². The minimum Gasteiger partial charge on any atom is -0.490 e. The Bertz CT molecular complexity index is 702. The van der Waals surface area contributed by atoms with Crippen molar-refractivity contribution < 1.29 is 19.1 Å². The number of nitrogens with zero attached hydrogens (tertiary/aromatic N) is 1. The molecule has 2 amide bonds. The van der Waals surface area contributed by atoms with Gasteiger partial charge in [-0.3, -0.25) is 14.5 Å². The van der Waals surface area contributed by atoms with Gasteiger partial charge in [-0.1, -0.05) is 28.6 Å². The van der Waals surface area contributed by atoms with Gasteiger partial charge in [-0.15, -0.1) is 0 Å². The monoisotopic (exact) mass is 411 g/mol. The summed E-state index contributed by atoms with van der Waals surface area (Å²) in [6.45, 7) is 8.49. The van der Waals surface area contributed by atoms with Gasteiger partial charge in [0, 0.05) is 11.0 Å². The lowest BCUT2D eigenvalue weighted by Crippen LogP contribution is -2.27. The molecule has 0 atom stereocenters. The van der Waals surface area contributed by atoms with Crippen molar-refractivity contribution in [1.29, 1.82) is 0 Å².